The van der Waals surface area contributed by atoms with E-state index >= 15 is 0 Å². The molecule has 0 N–H and O–H groups in total. The minimum absolute atomic E-state index is 0.309. The predicted octanol–water partition coefficient (Wildman–Crippen LogP) is 2.80. The van der Waals surface area contributed by atoms with E-state index in [0.717, 1.165) is 25.3 Å². The molecule has 120 valence electrons. The molecule has 0 bridgehead atoms. The standard InChI is InChI=1S/C16H16ClN3O3/c1-22-13-9-18-14(17)6-10(13)12-8-19-15(20-4-3-5-20)7-11(12)16(21)23-2/h6-9H,3-5H2,1-2H3. The van der Waals surface area contributed by atoms with Crippen molar-refractivity contribution in [2.45, 2.75) is 6.42 Å². The Bertz CT molecular complexity index is 747. The summed E-state index contributed by atoms with van der Waals surface area (Å²) in [5, 5.41) is 0.309. The average molecular weight is 334 g/mol. The lowest BCUT2D eigenvalue weighted by Crippen LogP contribution is -2.37. The van der Waals surface area contributed by atoms with Gasteiger partial charge in [-0.3, -0.25) is 0 Å². The van der Waals surface area contributed by atoms with Crippen molar-refractivity contribution in [2.75, 3.05) is 32.2 Å². The number of aromatic nitrogens is 2. The normalized spacial score (nSPS) is 13.4. The Balaban J connectivity index is 2.14. The second-order valence-corrected chi connectivity index (χ2v) is 5.51. The zero-order valence-corrected chi connectivity index (χ0v) is 13.6. The third-order valence-electron chi connectivity index (χ3n) is 3.82. The summed E-state index contributed by atoms with van der Waals surface area (Å²) in [4.78, 5) is 22.8. The SMILES string of the molecule is COC(=O)c1cc(N2CCC2)ncc1-c1cc(Cl)ncc1OC. The summed E-state index contributed by atoms with van der Waals surface area (Å²) in [6.45, 7) is 1.88. The van der Waals surface area contributed by atoms with E-state index in [2.05, 4.69) is 14.9 Å². The molecule has 0 unspecified atom stereocenters. The van der Waals surface area contributed by atoms with E-state index < -0.39 is 5.97 Å². The van der Waals surface area contributed by atoms with Gasteiger partial charge in [0.2, 0.25) is 0 Å². The lowest BCUT2D eigenvalue weighted by atomic mass is 10.0. The molecule has 1 aliphatic rings. The highest BCUT2D eigenvalue weighted by molar-refractivity contribution is 6.29. The minimum atomic E-state index is -0.431. The fourth-order valence-corrected chi connectivity index (χ4v) is 2.60. The summed E-state index contributed by atoms with van der Waals surface area (Å²) in [5.41, 5.74) is 1.67. The number of methoxy groups -OCH3 is 2. The zero-order chi connectivity index (χ0) is 16.4. The highest BCUT2D eigenvalue weighted by atomic mass is 35.5. The third-order valence-corrected chi connectivity index (χ3v) is 4.03. The quantitative estimate of drug-likeness (QED) is 0.633. The molecule has 3 heterocycles. The van der Waals surface area contributed by atoms with E-state index in [9.17, 15) is 4.79 Å². The molecule has 0 aromatic carbocycles. The van der Waals surface area contributed by atoms with Gasteiger partial charge in [-0.1, -0.05) is 11.6 Å². The monoisotopic (exact) mass is 333 g/mol. The van der Waals surface area contributed by atoms with E-state index in [0.29, 0.717) is 27.6 Å². The highest BCUT2D eigenvalue weighted by Gasteiger charge is 2.22. The number of ether oxygens (including phenoxy) is 2. The number of pyridine rings is 2. The van der Waals surface area contributed by atoms with Crippen molar-refractivity contribution in [3.63, 3.8) is 0 Å². The molecule has 0 spiro atoms. The molecule has 2 aromatic rings. The number of rotatable bonds is 4. The molecule has 0 radical (unpaired) electrons. The van der Waals surface area contributed by atoms with Gasteiger partial charge in [-0.15, -0.1) is 0 Å². The van der Waals surface area contributed by atoms with Gasteiger partial charge in [0.1, 0.15) is 16.7 Å². The Morgan fingerprint density at radius 2 is 1.96 bits per heavy atom. The maximum absolute atomic E-state index is 12.2. The molecule has 1 saturated heterocycles. The largest absolute Gasteiger partial charge is 0.494 e. The average Bonchev–Trinajstić information content (AvgIpc) is 2.52. The van der Waals surface area contributed by atoms with Crippen LogP contribution in [0.25, 0.3) is 11.1 Å². The molecule has 0 amide bonds. The minimum Gasteiger partial charge on any atom is -0.494 e. The van der Waals surface area contributed by atoms with Gasteiger partial charge in [0.05, 0.1) is 26.0 Å². The van der Waals surface area contributed by atoms with Crippen LogP contribution in [0.1, 0.15) is 16.8 Å². The van der Waals surface area contributed by atoms with E-state index in [1.807, 2.05) is 0 Å². The fraction of sp³-hybridized carbons (Fsp3) is 0.312. The number of halogens is 1. The number of nitrogens with zero attached hydrogens (tertiary/aromatic N) is 3. The van der Waals surface area contributed by atoms with Crippen molar-refractivity contribution in [3.05, 3.63) is 35.2 Å². The Morgan fingerprint density at radius 1 is 1.17 bits per heavy atom. The highest BCUT2D eigenvalue weighted by Crippen LogP contribution is 2.35. The van der Waals surface area contributed by atoms with Crippen molar-refractivity contribution in [3.8, 4) is 16.9 Å². The molecular weight excluding hydrogens is 318 g/mol. The molecule has 0 aliphatic carbocycles. The summed E-state index contributed by atoms with van der Waals surface area (Å²) in [5.74, 6) is 0.844. The number of esters is 1. The third kappa shape index (κ3) is 2.94. The molecule has 0 saturated carbocycles. The first-order chi connectivity index (χ1) is 11.1. The van der Waals surface area contributed by atoms with Crippen LogP contribution in [-0.4, -0.2) is 43.2 Å². The predicted molar refractivity (Wildman–Crippen MR) is 87.2 cm³/mol. The van der Waals surface area contributed by atoms with Crippen molar-refractivity contribution < 1.29 is 14.3 Å². The summed E-state index contributed by atoms with van der Waals surface area (Å²) in [6, 6.07) is 3.39. The van der Waals surface area contributed by atoms with Gasteiger partial charge in [0.25, 0.3) is 0 Å². The number of carbonyl (C=O) groups is 1. The first kappa shape index (κ1) is 15.6. The molecule has 1 fully saturated rings. The van der Waals surface area contributed by atoms with Gasteiger partial charge in [-0.2, -0.15) is 0 Å². The maximum atomic E-state index is 12.2. The summed E-state index contributed by atoms with van der Waals surface area (Å²) in [6.07, 6.45) is 4.29. The van der Waals surface area contributed by atoms with Crippen LogP contribution >= 0.6 is 11.6 Å². The van der Waals surface area contributed by atoms with Crippen LogP contribution in [0.3, 0.4) is 0 Å². The first-order valence-electron chi connectivity index (χ1n) is 7.17. The molecule has 2 aromatic heterocycles. The number of carbonyl (C=O) groups excluding carboxylic acids is 1. The number of hydrogen-bond acceptors (Lipinski definition) is 6. The summed E-state index contributed by atoms with van der Waals surface area (Å²) in [7, 11) is 2.89. The fourth-order valence-electron chi connectivity index (χ4n) is 2.45. The molecule has 1 aliphatic heterocycles. The number of hydrogen-bond donors (Lipinski definition) is 0. The molecule has 7 heteroatoms. The topological polar surface area (TPSA) is 64.5 Å². The Kier molecular flexibility index (Phi) is 4.34. The Morgan fingerprint density at radius 3 is 2.57 bits per heavy atom. The van der Waals surface area contributed by atoms with Crippen LogP contribution < -0.4 is 9.64 Å². The number of anilines is 1. The van der Waals surface area contributed by atoms with Crippen LogP contribution in [0.2, 0.25) is 5.15 Å². The Labute approximate surface area is 139 Å². The lowest BCUT2D eigenvalue weighted by Gasteiger charge is -2.32. The molecular formula is C16H16ClN3O3. The van der Waals surface area contributed by atoms with Crippen molar-refractivity contribution in [2.24, 2.45) is 0 Å². The van der Waals surface area contributed by atoms with Gasteiger partial charge in [0, 0.05) is 30.4 Å². The van der Waals surface area contributed by atoms with E-state index in [-0.39, 0.29) is 0 Å². The second-order valence-electron chi connectivity index (χ2n) is 5.13. The summed E-state index contributed by atoms with van der Waals surface area (Å²) >= 11 is 5.99. The molecule has 23 heavy (non-hydrogen) atoms. The van der Waals surface area contributed by atoms with Gasteiger partial charge in [-0.05, 0) is 18.6 Å². The van der Waals surface area contributed by atoms with Gasteiger partial charge < -0.3 is 14.4 Å². The molecule has 3 rings (SSSR count). The molecule has 6 nitrogen and oxygen atoms in total. The van der Waals surface area contributed by atoms with Crippen LogP contribution in [0, 0.1) is 0 Å². The van der Waals surface area contributed by atoms with E-state index in [4.69, 9.17) is 21.1 Å². The van der Waals surface area contributed by atoms with Crippen LogP contribution in [0.4, 0.5) is 5.82 Å². The van der Waals surface area contributed by atoms with Crippen LogP contribution in [0.5, 0.6) is 5.75 Å². The maximum Gasteiger partial charge on any atom is 0.338 e. The van der Waals surface area contributed by atoms with Gasteiger partial charge >= 0.3 is 5.97 Å². The van der Waals surface area contributed by atoms with Crippen molar-refractivity contribution >= 4 is 23.4 Å². The smallest absolute Gasteiger partial charge is 0.338 e. The van der Waals surface area contributed by atoms with Gasteiger partial charge in [0.15, 0.2) is 0 Å². The molecule has 0 atom stereocenters. The zero-order valence-electron chi connectivity index (χ0n) is 12.9. The first-order valence-corrected chi connectivity index (χ1v) is 7.55. The second kappa shape index (κ2) is 6.42. The Hall–Kier alpha value is -2.34. The van der Waals surface area contributed by atoms with E-state index in [1.165, 1.54) is 20.4 Å². The van der Waals surface area contributed by atoms with Crippen molar-refractivity contribution in [1.29, 1.82) is 0 Å². The van der Waals surface area contributed by atoms with Crippen molar-refractivity contribution in [1.82, 2.24) is 9.97 Å². The van der Waals surface area contributed by atoms with E-state index in [1.54, 1.807) is 18.3 Å². The summed E-state index contributed by atoms with van der Waals surface area (Å²) < 4.78 is 10.2. The van der Waals surface area contributed by atoms with Crippen LogP contribution in [-0.2, 0) is 4.74 Å². The van der Waals surface area contributed by atoms with Crippen LogP contribution in [0.15, 0.2) is 24.5 Å². The lowest BCUT2D eigenvalue weighted by molar-refractivity contribution is 0.0601. The van der Waals surface area contributed by atoms with Gasteiger partial charge in [-0.25, -0.2) is 14.8 Å².